The first-order valence-electron chi connectivity index (χ1n) is 8.14. The number of benzene rings is 2. The fourth-order valence-electron chi connectivity index (χ4n) is 3.21. The van der Waals surface area contributed by atoms with Gasteiger partial charge in [-0.3, -0.25) is 9.69 Å². The molecule has 1 heterocycles. The molecule has 1 atom stereocenters. The van der Waals surface area contributed by atoms with E-state index in [1.54, 1.807) is 7.11 Å². The second kappa shape index (κ2) is 7.36. The molecular weight excluding hydrogens is 302 g/mol. The summed E-state index contributed by atoms with van der Waals surface area (Å²) >= 11 is 0. The smallest absolute Gasteiger partial charge is 0.236 e. The van der Waals surface area contributed by atoms with E-state index < -0.39 is 0 Å². The van der Waals surface area contributed by atoms with Crippen molar-refractivity contribution >= 4 is 11.6 Å². The quantitative estimate of drug-likeness (QED) is 0.912. The number of ether oxygens (including phenoxy) is 1. The largest absolute Gasteiger partial charge is 0.495 e. The molecule has 5 heteroatoms. The average molecular weight is 325 g/mol. The van der Waals surface area contributed by atoms with Gasteiger partial charge >= 0.3 is 0 Å². The summed E-state index contributed by atoms with van der Waals surface area (Å²) in [6, 6.07) is 17.7. The average Bonchev–Trinajstić information content (AvgIpc) is 2.62. The van der Waals surface area contributed by atoms with E-state index in [1.807, 2.05) is 42.5 Å². The molecule has 0 aromatic heterocycles. The van der Waals surface area contributed by atoms with Gasteiger partial charge in [0, 0.05) is 26.2 Å². The van der Waals surface area contributed by atoms with Gasteiger partial charge in [-0.1, -0.05) is 42.5 Å². The predicted octanol–water partition coefficient (Wildman–Crippen LogP) is 1.87. The van der Waals surface area contributed by atoms with Crippen LogP contribution in [-0.2, 0) is 11.3 Å². The minimum atomic E-state index is -0.316. The Kier molecular flexibility index (Phi) is 5.01. The zero-order valence-electron chi connectivity index (χ0n) is 13.9. The minimum absolute atomic E-state index is 0.287. The lowest BCUT2D eigenvalue weighted by molar-refractivity contribution is -0.123. The zero-order chi connectivity index (χ0) is 16.9. The molecule has 1 aliphatic rings. The lowest BCUT2D eigenvalue weighted by Crippen LogP contribution is -2.57. The molecule has 0 bridgehead atoms. The number of nitrogens with two attached hydrogens (primary N) is 1. The highest BCUT2D eigenvalue weighted by Gasteiger charge is 2.31. The van der Waals surface area contributed by atoms with Crippen molar-refractivity contribution < 1.29 is 9.53 Å². The summed E-state index contributed by atoms with van der Waals surface area (Å²) in [6.07, 6.45) is 0. The van der Waals surface area contributed by atoms with Crippen LogP contribution in [0.3, 0.4) is 0 Å². The van der Waals surface area contributed by atoms with Gasteiger partial charge in [0.15, 0.2) is 0 Å². The van der Waals surface area contributed by atoms with Crippen LogP contribution in [0.2, 0.25) is 0 Å². The number of hydrogen-bond acceptors (Lipinski definition) is 4. The molecule has 0 aliphatic carbocycles. The van der Waals surface area contributed by atoms with Crippen molar-refractivity contribution in [3.05, 3.63) is 60.2 Å². The van der Waals surface area contributed by atoms with Crippen molar-refractivity contribution in [2.24, 2.45) is 5.73 Å². The van der Waals surface area contributed by atoms with Crippen LogP contribution < -0.4 is 15.4 Å². The number of carbonyl (C=O) groups is 1. The van der Waals surface area contributed by atoms with E-state index in [0.717, 1.165) is 31.1 Å². The highest BCUT2D eigenvalue weighted by atomic mass is 16.5. The van der Waals surface area contributed by atoms with Crippen molar-refractivity contribution in [1.82, 2.24) is 4.90 Å². The van der Waals surface area contributed by atoms with Crippen molar-refractivity contribution in [1.29, 1.82) is 0 Å². The second-order valence-electron chi connectivity index (χ2n) is 5.99. The van der Waals surface area contributed by atoms with E-state index in [-0.39, 0.29) is 11.9 Å². The Hall–Kier alpha value is -2.53. The maximum atomic E-state index is 12.0. The Morgan fingerprint density at radius 3 is 2.54 bits per heavy atom. The van der Waals surface area contributed by atoms with Crippen LogP contribution >= 0.6 is 0 Å². The number of hydrogen-bond donors (Lipinski definition) is 1. The number of nitrogens with zero attached hydrogens (tertiary/aromatic N) is 2. The molecule has 5 nitrogen and oxygen atoms in total. The normalized spacial score (nSPS) is 18.4. The van der Waals surface area contributed by atoms with Gasteiger partial charge in [-0.15, -0.1) is 0 Å². The number of carbonyl (C=O) groups excluding carboxylic acids is 1. The van der Waals surface area contributed by atoms with Gasteiger partial charge in [0.2, 0.25) is 5.91 Å². The van der Waals surface area contributed by atoms with Gasteiger partial charge in [-0.05, 0) is 17.7 Å². The number of para-hydroxylation sites is 2. The Balaban J connectivity index is 1.77. The van der Waals surface area contributed by atoms with Gasteiger partial charge in [-0.25, -0.2) is 0 Å². The third kappa shape index (κ3) is 3.51. The molecule has 3 rings (SSSR count). The molecule has 126 valence electrons. The molecule has 1 amide bonds. The lowest BCUT2D eigenvalue weighted by Gasteiger charge is -2.41. The summed E-state index contributed by atoms with van der Waals surface area (Å²) in [6.45, 7) is 2.91. The first-order valence-corrected chi connectivity index (χ1v) is 8.14. The Bertz CT molecular complexity index is 690. The lowest BCUT2D eigenvalue weighted by atomic mass is 10.1. The molecule has 2 N–H and O–H groups in total. The van der Waals surface area contributed by atoms with E-state index >= 15 is 0 Å². The number of methoxy groups -OCH3 is 1. The number of primary amides is 1. The summed E-state index contributed by atoms with van der Waals surface area (Å²) < 4.78 is 5.45. The summed E-state index contributed by atoms with van der Waals surface area (Å²) in [5.41, 5.74) is 7.88. The maximum Gasteiger partial charge on any atom is 0.236 e. The van der Waals surface area contributed by atoms with E-state index in [0.29, 0.717) is 6.54 Å². The number of piperazine rings is 1. The van der Waals surface area contributed by atoms with Gasteiger partial charge < -0.3 is 15.4 Å². The Morgan fingerprint density at radius 1 is 1.12 bits per heavy atom. The SMILES string of the molecule is COc1ccccc1N1CCN(Cc2ccccc2)[C@H](C(N)=O)C1. The molecule has 0 spiro atoms. The Labute approximate surface area is 142 Å². The van der Waals surface area contributed by atoms with Crippen LogP contribution in [-0.4, -0.2) is 43.6 Å². The standard InChI is InChI=1S/C19H23N3O2/c1-24-18-10-6-5-9-16(18)22-12-11-21(17(14-22)19(20)23)13-15-7-3-2-4-8-15/h2-10,17H,11-14H2,1H3,(H2,20,23)/t17-/m0/s1. The van der Waals surface area contributed by atoms with Crippen LogP contribution in [0.15, 0.2) is 54.6 Å². The van der Waals surface area contributed by atoms with E-state index in [1.165, 1.54) is 5.56 Å². The fraction of sp³-hybridized carbons (Fsp3) is 0.316. The molecule has 0 saturated carbocycles. The predicted molar refractivity (Wildman–Crippen MR) is 95.0 cm³/mol. The molecule has 0 radical (unpaired) electrons. The summed E-state index contributed by atoms with van der Waals surface area (Å²) in [5.74, 6) is 0.530. The Morgan fingerprint density at radius 2 is 1.83 bits per heavy atom. The molecule has 24 heavy (non-hydrogen) atoms. The molecule has 1 fully saturated rings. The van der Waals surface area contributed by atoms with Gasteiger partial charge in [0.1, 0.15) is 11.8 Å². The third-order valence-corrected chi connectivity index (χ3v) is 4.47. The van der Waals surface area contributed by atoms with Crippen molar-refractivity contribution in [2.75, 3.05) is 31.6 Å². The van der Waals surface area contributed by atoms with Crippen LogP contribution in [0.4, 0.5) is 5.69 Å². The first-order chi connectivity index (χ1) is 11.7. The summed E-state index contributed by atoms with van der Waals surface area (Å²) in [4.78, 5) is 16.3. The zero-order valence-corrected chi connectivity index (χ0v) is 13.9. The number of anilines is 1. The summed E-state index contributed by atoms with van der Waals surface area (Å²) in [7, 11) is 1.66. The second-order valence-corrected chi connectivity index (χ2v) is 5.99. The van der Waals surface area contributed by atoms with Gasteiger partial charge in [0.25, 0.3) is 0 Å². The van der Waals surface area contributed by atoms with E-state index in [9.17, 15) is 4.79 Å². The monoisotopic (exact) mass is 325 g/mol. The van der Waals surface area contributed by atoms with Gasteiger partial charge in [-0.2, -0.15) is 0 Å². The minimum Gasteiger partial charge on any atom is -0.495 e. The molecule has 2 aromatic rings. The molecule has 1 saturated heterocycles. The molecule has 1 aliphatic heterocycles. The fourth-order valence-corrected chi connectivity index (χ4v) is 3.21. The van der Waals surface area contributed by atoms with Crippen LogP contribution in [0.1, 0.15) is 5.56 Å². The number of amides is 1. The van der Waals surface area contributed by atoms with Crippen LogP contribution in [0.5, 0.6) is 5.75 Å². The van der Waals surface area contributed by atoms with Crippen LogP contribution in [0.25, 0.3) is 0 Å². The van der Waals surface area contributed by atoms with Crippen molar-refractivity contribution in [3.63, 3.8) is 0 Å². The molecular formula is C19H23N3O2. The number of rotatable bonds is 5. The highest BCUT2D eigenvalue weighted by molar-refractivity contribution is 5.81. The molecule has 0 unspecified atom stereocenters. The third-order valence-electron chi connectivity index (χ3n) is 4.47. The van der Waals surface area contributed by atoms with E-state index in [4.69, 9.17) is 10.5 Å². The van der Waals surface area contributed by atoms with E-state index in [2.05, 4.69) is 21.9 Å². The first kappa shape index (κ1) is 16.3. The summed E-state index contributed by atoms with van der Waals surface area (Å²) in [5, 5.41) is 0. The molecule has 2 aromatic carbocycles. The van der Waals surface area contributed by atoms with Crippen molar-refractivity contribution in [3.8, 4) is 5.75 Å². The van der Waals surface area contributed by atoms with Gasteiger partial charge in [0.05, 0.1) is 12.8 Å². The highest BCUT2D eigenvalue weighted by Crippen LogP contribution is 2.29. The van der Waals surface area contributed by atoms with Crippen molar-refractivity contribution in [2.45, 2.75) is 12.6 Å². The maximum absolute atomic E-state index is 12.0. The topological polar surface area (TPSA) is 58.8 Å². The van der Waals surface area contributed by atoms with Crippen LogP contribution in [0, 0.1) is 0 Å².